The van der Waals surface area contributed by atoms with E-state index in [-0.39, 0.29) is 17.8 Å². The van der Waals surface area contributed by atoms with Crippen molar-refractivity contribution in [1.29, 1.82) is 0 Å². The third-order valence-corrected chi connectivity index (χ3v) is 5.95. The van der Waals surface area contributed by atoms with Gasteiger partial charge in [0.15, 0.2) is 0 Å². The average molecular weight is 400 g/mol. The van der Waals surface area contributed by atoms with Gasteiger partial charge in [0, 0.05) is 31.7 Å². The molecule has 6 nitrogen and oxygen atoms in total. The minimum atomic E-state index is -0.254. The summed E-state index contributed by atoms with van der Waals surface area (Å²) in [6.07, 6.45) is 0. The van der Waals surface area contributed by atoms with Gasteiger partial charge in [-0.2, -0.15) is 4.98 Å². The van der Waals surface area contributed by atoms with Crippen LogP contribution in [0.3, 0.4) is 0 Å². The van der Waals surface area contributed by atoms with Gasteiger partial charge in [0.1, 0.15) is 5.82 Å². The highest BCUT2D eigenvalue weighted by Crippen LogP contribution is 2.25. The van der Waals surface area contributed by atoms with Gasteiger partial charge < -0.3 is 9.42 Å². The zero-order valence-corrected chi connectivity index (χ0v) is 16.6. The zero-order chi connectivity index (χ0) is 19.7. The lowest BCUT2D eigenvalue weighted by atomic mass is 10.1. The fourth-order valence-corrected chi connectivity index (χ4v) is 4.02. The summed E-state index contributed by atoms with van der Waals surface area (Å²) in [5.74, 6) is 0.816. The number of carbonyl (C=O) groups excluding carboxylic acids is 1. The minimum Gasteiger partial charge on any atom is -0.337 e. The first kappa shape index (κ1) is 18.8. The number of carbonyl (C=O) groups is 1. The maximum atomic E-state index is 13.5. The van der Waals surface area contributed by atoms with E-state index in [0.717, 1.165) is 23.5 Å². The molecule has 1 atom stereocenters. The van der Waals surface area contributed by atoms with Gasteiger partial charge in [-0.25, -0.2) is 4.39 Å². The number of nitrogens with zero attached hydrogens (tertiary/aromatic N) is 4. The van der Waals surface area contributed by atoms with E-state index in [1.807, 2.05) is 29.3 Å². The molecule has 0 spiro atoms. The van der Waals surface area contributed by atoms with Gasteiger partial charge >= 0.3 is 0 Å². The number of aromatic nitrogens is 2. The Morgan fingerprint density at radius 1 is 1.25 bits per heavy atom. The Morgan fingerprint density at radius 3 is 2.71 bits per heavy atom. The lowest BCUT2D eigenvalue weighted by molar-refractivity contribution is 0.0556. The quantitative estimate of drug-likeness (QED) is 0.667. The van der Waals surface area contributed by atoms with Gasteiger partial charge in [-0.1, -0.05) is 11.2 Å². The van der Waals surface area contributed by atoms with E-state index >= 15 is 0 Å². The first-order valence-electron chi connectivity index (χ1n) is 9.20. The highest BCUT2D eigenvalue weighted by Gasteiger charge is 2.28. The Hall–Kier alpha value is -2.58. The molecule has 0 N–H and O–H groups in total. The third-order valence-electron chi connectivity index (χ3n) is 5.10. The van der Waals surface area contributed by atoms with Crippen LogP contribution in [0.4, 0.5) is 4.39 Å². The normalized spacial score (nSPS) is 16.3. The maximum Gasteiger partial charge on any atom is 0.264 e. The molecule has 1 amide bonds. The summed E-state index contributed by atoms with van der Waals surface area (Å²) in [6, 6.07) is 8.47. The number of amides is 1. The predicted octanol–water partition coefficient (Wildman–Crippen LogP) is 3.76. The standard InChI is InChI=1S/C20H21FN4O2S/c1-13-12-15(5-6-16(13)21)18-22-19(27-23-18)14(2)24-7-9-25(10-8-24)20(26)17-4-3-11-28-17/h3-6,11-12,14H,7-10H2,1-2H3. The van der Waals surface area contributed by atoms with Crippen LogP contribution in [0.15, 0.2) is 40.2 Å². The molecular weight excluding hydrogens is 379 g/mol. The van der Waals surface area contributed by atoms with Crippen LogP contribution in [-0.4, -0.2) is 52.0 Å². The first-order valence-corrected chi connectivity index (χ1v) is 10.1. The molecule has 146 valence electrons. The summed E-state index contributed by atoms with van der Waals surface area (Å²) in [5, 5.41) is 5.97. The van der Waals surface area contributed by atoms with Crippen molar-refractivity contribution in [3.8, 4) is 11.4 Å². The van der Waals surface area contributed by atoms with Crippen molar-refractivity contribution in [1.82, 2.24) is 19.9 Å². The van der Waals surface area contributed by atoms with Crippen LogP contribution < -0.4 is 0 Å². The van der Waals surface area contributed by atoms with Crippen LogP contribution in [0.2, 0.25) is 0 Å². The zero-order valence-electron chi connectivity index (χ0n) is 15.8. The fraction of sp³-hybridized carbons (Fsp3) is 0.350. The molecule has 0 bridgehead atoms. The second-order valence-corrected chi connectivity index (χ2v) is 7.85. The molecule has 4 rings (SSSR count). The Bertz CT molecular complexity index is 965. The number of hydrogen-bond donors (Lipinski definition) is 0. The summed E-state index contributed by atoms with van der Waals surface area (Å²) in [7, 11) is 0. The second-order valence-electron chi connectivity index (χ2n) is 6.90. The smallest absolute Gasteiger partial charge is 0.264 e. The Kier molecular flexibility index (Phi) is 5.23. The van der Waals surface area contributed by atoms with E-state index in [4.69, 9.17) is 4.52 Å². The number of thiophene rings is 1. The monoisotopic (exact) mass is 400 g/mol. The lowest BCUT2D eigenvalue weighted by Crippen LogP contribution is -2.49. The molecule has 8 heteroatoms. The lowest BCUT2D eigenvalue weighted by Gasteiger charge is -2.36. The highest BCUT2D eigenvalue weighted by molar-refractivity contribution is 7.12. The van der Waals surface area contributed by atoms with Crippen molar-refractivity contribution in [3.05, 3.63) is 57.9 Å². The summed E-state index contributed by atoms with van der Waals surface area (Å²) in [6.45, 7) is 6.54. The number of piperazine rings is 1. The Labute approximate surface area is 166 Å². The molecule has 1 saturated heterocycles. The number of halogens is 1. The van der Waals surface area contributed by atoms with Crippen molar-refractivity contribution in [3.63, 3.8) is 0 Å². The summed E-state index contributed by atoms with van der Waals surface area (Å²) in [4.78, 5) is 21.9. The van der Waals surface area contributed by atoms with E-state index in [1.165, 1.54) is 17.4 Å². The average Bonchev–Trinajstić information content (AvgIpc) is 3.41. The van der Waals surface area contributed by atoms with Crippen LogP contribution in [0.5, 0.6) is 0 Å². The molecule has 3 aromatic rings. The summed E-state index contributed by atoms with van der Waals surface area (Å²) in [5.41, 5.74) is 1.27. The first-order chi connectivity index (χ1) is 13.5. The number of rotatable bonds is 4. The topological polar surface area (TPSA) is 62.5 Å². The maximum absolute atomic E-state index is 13.5. The molecule has 2 aromatic heterocycles. The van der Waals surface area contributed by atoms with E-state index < -0.39 is 0 Å². The molecular formula is C20H21FN4O2S. The molecule has 28 heavy (non-hydrogen) atoms. The van der Waals surface area contributed by atoms with E-state index in [2.05, 4.69) is 15.0 Å². The third kappa shape index (κ3) is 3.70. The highest BCUT2D eigenvalue weighted by atomic mass is 32.1. The SMILES string of the molecule is Cc1cc(-c2noc(C(C)N3CCN(C(=O)c4cccs4)CC3)n2)ccc1F. The number of benzene rings is 1. The molecule has 1 unspecified atom stereocenters. The molecule has 3 heterocycles. The van der Waals surface area contributed by atoms with Gasteiger partial charge in [0.2, 0.25) is 11.7 Å². The number of aryl methyl sites for hydroxylation is 1. The molecule has 1 aliphatic rings. The summed E-state index contributed by atoms with van der Waals surface area (Å²) >= 11 is 1.47. The Balaban J connectivity index is 1.40. The Morgan fingerprint density at radius 2 is 2.04 bits per heavy atom. The molecule has 1 aliphatic heterocycles. The van der Waals surface area contributed by atoms with E-state index in [1.54, 1.807) is 19.1 Å². The van der Waals surface area contributed by atoms with Crippen LogP contribution in [-0.2, 0) is 0 Å². The van der Waals surface area contributed by atoms with Crippen LogP contribution >= 0.6 is 11.3 Å². The molecule has 0 aliphatic carbocycles. The van der Waals surface area contributed by atoms with Gasteiger partial charge in [0.25, 0.3) is 5.91 Å². The van der Waals surface area contributed by atoms with Gasteiger partial charge in [-0.15, -0.1) is 11.3 Å². The van der Waals surface area contributed by atoms with E-state index in [9.17, 15) is 9.18 Å². The van der Waals surface area contributed by atoms with Crippen molar-refractivity contribution < 1.29 is 13.7 Å². The fourth-order valence-electron chi connectivity index (χ4n) is 3.33. The van der Waals surface area contributed by atoms with Gasteiger partial charge in [0.05, 0.1) is 10.9 Å². The van der Waals surface area contributed by atoms with Crippen molar-refractivity contribution in [2.45, 2.75) is 19.9 Å². The van der Waals surface area contributed by atoms with Crippen LogP contribution in [0, 0.1) is 12.7 Å². The molecule has 0 radical (unpaired) electrons. The predicted molar refractivity (Wildman–Crippen MR) is 105 cm³/mol. The molecule has 1 fully saturated rings. The van der Waals surface area contributed by atoms with Crippen molar-refractivity contribution in [2.75, 3.05) is 26.2 Å². The van der Waals surface area contributed by atoms with Crippen molar-refractivity contribution in [2.24, 2.45) is 0 Å². The van der Waals surface area contributed by atoms with Gasteiger partial charge in [-0.05, 0) is 49.1 Å². The second kappa shape index (κ2) is 7.81. The minimum absolute atomic E-state index is 0.0539. The number of hydrogen-bond acceptors (Lipinski definition) is 6. The van der Waals surface area contributed by atoms with Crippen LogP contribution in [0.25, 0.3) is 11.4 Å². The summed E-state index contributed by atoms with van der Waals surface area (Å²) < 4.78 is 18.9. The van der Waals surface area contributed by atoms with E-state index in [0.29, 0.717) is 30.4 Å². The van der Waals surface area contributed by atoms with Crippen LogP contribution in [0.1, 0.15) is 34.1 Å². The largest absolute Gasteiger partial charge is 0.337 e. The molecule has 0 saturated carbocycles. The van der Waals surface area contributed by atoms with Gasteiger partial charge in [-0.3, -0.25) is 9.69 Å². The molecule has 1 aromatic carbocycles. The van der Waals surface area contributed by atoms with Crippen molar-refractivity contribution >= 4 is 17.2 Å².